The summed E-state index contributed by atoms with van der Waals surface area (Å²) in [4.78, 5) is 0. The number of halogens is 3. The number of hydrogen-bond donors (Lipinski definition) is 2. The Labute approximate surface area is 120 Å². The number of anilines is 1. The van der Waals surface area contributed by atoms with Crippen LogP contribution in [-0.2, 0) is 5.60 Å². The first kappa shape index (κ1) is 15.8. The molecular formula is C14H18F3NO3. The molecule has 0 fully saturated rings. The number of hydrogen-bond acceptors (Lipinski definition) is 4. The van der Waals surface area contributed by atoms with Crippen LogP contribution in [0.4, 0.5) is 18.9 Å². The van der Waals surface area contributed by atoms with E-state index in [2.05, 4.69) is 5.32 Å². The van der Waals surface area contributed by atoms with Crippen molar-refractivity contribution in [1.82, 2.24) is 0 Å². The Morgan fingerprint density at radius 2 is 1.90 bits per heavy atom. The van der Waals surface area contributed by atoms with Gasteiger partial charge in [-0.3, -0.25) is 0 Å². The zero-order valence-corrected chi connectivity index (χ0v) is 11.9. The van der Waals surface area contributed by atoms with Crippen LogP contribution in [0.15, 0.2) is 12.1 Å². The molecule has 0 spiro atoms. The molecule has 0 amide bonds. The first-order chi connectivity index (χ1) is 9.79. The number of unbranched alkanes of at least 4 members (excludes halogenated alkanes) is 1. The molecule has 0 saturated carbocycles. The number of nitrogens with one attached hydrogen (secondary N) is 1. The lowest BCUT2D eigenvalue weighted by Crippen LogP contribution is -2.39. The van der Waals surface area contributed by atoms with E-state index in [1.54, 1.807) is 0 Å². The van der Waals surface area contributed by atoms with Crippen LogP contribution in [0.2, 0.25) is 0 Å². The highest BCUT2D eigenvalue weighted by atomic mass is 19.4. The van der Waals surface area contributed by atoms with E-state index in [-0.39, 0.29) is 23.9 Å². The molecule has 0 aliphatic carbocycles. The second-order valence-electron chi connectivity index (χ2n) is 5.08. The van der Waals surface area contributed by atoms with Crippen molar-refractivity contribution in [3.63, 3.8) is 0 Å². The Bertz CT molecular complexity index is 515. The van der Waals surface area contributed by atoms with E-state index in [1.807, 2.05) is 6.92 Å². The van der Waals surface area contributed by atoms with E-state index < -0.39 is 11.8 Å². The van der Waals surface area contributed by atoms with E-state index in [4.69, 9.17) is 9.47 Å². The summed E-state index contributed by atoms with van der Waals surface area (Å²) in [5, 5.41) is 12.9. The molecule has 1 aliphatic heterocycles. The molecule has 1 aromatic carbocycles. The monoisotopic (exact) mass is 305 g/mol. The van der Waals surface area contributed by atoms with E-state index in [0.29, 0.717) is 19.2 Å². The smallest absolute Gasteiger partial charge is 0.421 e. The predicted octanol–water partition coefficient (Wildman–Crippen LogP) is 3.40. The minimum absolute atomic E-state index is 0.0566. The largest absolute Gasteiger partial charge is 0.453 e. The normalized spacial score (nSPS) is 16.7. The van der Waals surface area contributed by atoms with Gasteiger partial charge in [-0.1, -0.05) is 13.3 Å². The van der Waals surface area contributed by atoms with Gasteiger partial charge in [0.2, 0.25) is 6.79 Å². The van der Waals surface area contributed by atoms with Crippen LogP contribution in [0.25, 0.3) is 0 Å². The molecule has 1 heterocycles. The molecule has 0 aromatic heterocycles. The third-order valence-corrected chi connectivity index (χ3v) is 3.44. The molecule has 4 nitrogen and oxygen atoms in total. The Morgan fingerprint density at radius 3 is 2.52 bits per heavy atom. The van der Waals surface area contributed by atoms with Crippen LogP contribution < -0.4 is 14.8 Å². The molecular weight excluding hydrogens is 287 g/mol. The van der Waals surface area contributed by atoms with Crippen molar-refractivity contribution in [2.45, 2.75) is 38.5 Å². The summed E-state index contributed by atoms with van der Waals surface area (Å²) in [5.74, 6) is 0.159. The van der Waals surface area contributed by atoms with E-state index >= 15 is 0 Å². The number of alkyl halides is 3. The summed E-state index contributed by atoms with van der Waals surface area (Å²) in [6, 6.07) is 2.69. The molecule has 1 unspecified atom stereocenters. The summed E-state index contributed by atoms with van der Waals surface area (Å²) >= 11 is 0. The van der Waals surface area contributed by atoms with E-state index in [1.165, 1.54) is 12.1 Å². The average Bonchev–Trinajstić information content (AvgIpc) is 2.86. The zero-order valence-electron chi connectivity index (χ0n) is 11.9. The minimum atomic E-state index is -4.80. The first-order valence-electron chi connectivity index (χ1n) is 6.75. The molecule has 1 aliphatic rings. The number of benzene rings is 1. The quantitative estimate of drug-likeness (QED) is 0.819. The van der Waals surface area contributed by atoms with Crippen molar-refractivity contribution in [2.75, 3.05) is 18.7 Å². The standard InChI is InChI=1S/C14H18F3NO3/c1-3-4-7-18-10-6-5-9(11-12(10)21-8-20-11)13(2,19)14(15,16)17/h5-6,18-19H,3-4,7-8H2,1-2H3. The van der Waals surface area contributed by atoms with E-state index in [0.717, 1.165) is 12.8 Å². The second kappa shape index (κ2) is 5.63. The van der Waals surface area contributed by atoms with Gasteiger partial charge in [-0.15, -0.1) is 0 Å². The highest BCUT2D eigenvalue weighted by Crippen LogP contribution is 2.49. The summed E-state index contributed by atoms with van der Waals surface area (Å²) < 4.78 is 49.3. The van der Waals surface area contributed by atoms with Crippen LogP contribution in [-0.4, -0.2) is 24.6 Å². The maximum Gasteiger partial charge on any atom is 0.421 e. The van der Waals surface area contributed by atoms with Crippen molar-refractivity contribution < 1.29 is 27.8 Å². The van der Waals surface area contributed by atoms with Gasteiger partial charge >= 0.3 is 6.18 Å². The van der Waals surface area contributed by atoms with E-state index in [9.17, 15) is 18.3 Å². The lowest BCUT2D eigenvalue weighted by atomic mass is 9.93. The molecule has 0 saturated heterocycles. The minimum Gasteiger partial charge on any atom is -0.453 e. The van der Waals surface area contributed by atoms with Crippen LogP contribution in [0.1, 0.15) is 32.3 Å². The van der Waals surface area contributed by atoms with Crippen molar-refractivity contribution in [1.29, 1.82) is 0 Å². The van der Waals surface area contributed by atoms with Crippen LogP contribution in [0, 0.1) is 0 Å². The molecule has 7 heteroatoms. The van der Waals surface area contributed by atoms with Gasteiger partial charge in [0, 0.05) is 12.1 Å². The van der Waals surface area contributed by atoms with Crippen molar-refractivity contribution in [2.24, 2.45) is 0 Å². The summed E-state index contributed by atoms with van der Waals surface area (Å²) in [5.41, 5.74) is -2.77. The topological polar surface area (TPSA) is 50.7 Å². The third kappa shape index (κ3) is 2.88. The Kier molecular flexibility index (Phi) is 4.22. The molecule has 0 bridgehead atoms. The predicted molar refractivity (Wildman–Crippen MR) is 71.6 cm³/mol. The van der Waals surface area contributed by atoms with Gasteiger partial charge in [0.1, 0.15) is 0 Å². The Balaban J connectivity index is 2.37. The lowest BCUT2D eigenvalue weighted by Gasteiger charge is -2.27. The van der Waals surface area contributed by atoms with Gasteiger partial charge < -0.3 is 19.9 Å². The second-order valence-corrected chi connectivity index (χ2v) is 5.08. The maximum absolute atomic E-state index is 13.0. The molecule has 2 rings (SSSR count). The summed E-state index contributed by atoms with van der Waals surface area (Å²) in [7, 11) is 0. The zero-order chi connectivity index (χ0) is 15.7. The van der Waals surface area contributed by atoms with Crippen molar-refractivity contribution >= 4 is 5.69 Å². The van der Waals surface area contributed by atoms with Gasteiger partial charge in [-0.2, -0.15) is 13.2 Å². The summed E-state index contributed by atoms with van der Waals surface area (Å²) in [6.07, 6.45) is -2.88. The average molecular weight is 305 g/mol. The third-order valence-electron chi connectivity index (χ3n) is 3.44. The molecule has 1 aromatic rings. The van der Waals surface area contributed by atoms with Gasteiger partial charge in [-0.05, 0) is 25.5 Å². The van der Waals surface area contributed by atoms with Crippen LogP contribution in [0.3, 0.4) is 0 Å². The van der Waals surface area contributed by atoms with Gasteiger partial charge in [0.05, 0.1) is 5.69 Å². The lowest BCUT2D eigenvalue weighted by molar-refractivity contribution is -0.259. The molecule has 2 N–H and O–H groups in total. The highest BCUT2D eigenvalue weighted by molar-refractivity contribution is 5.67. The molecule has 118 valence electrons. The van der Waals surface area contributed by atoms with Gasteiger partial charge in [0.25, 0.3) is 0 Å². The SMILES string of the molecule is CCCCNc1ccc(C(C)(O)C(F)(F)F)c2c1OCO2. The number of fused-ring (bicyclic) bond motifs is 1. The first-order valence-corrected chi connectivity index (χ1v) is 6.75. The van der Waals surface area contributed by atoms with Gasteiger partial charge in [0.15, 0.2) is 17.1 Å². The fourth-order valence-corrected chi connectivity index (χ4v) is 2.07. The number of ether oxygens (including phenoxy) is 2. The summed E-state index contributed by atoms with van der Waals surface area (Å²) in [6.45, 7) is 3.26. The van der Waals surface area contributed by atoms with Gasteiger partial charge in [-0.25, -0.2) is 0 Å². The number of rotatable bonds is 5. The Morgan fingerprint density at radius 1 is 1.24 bits per heavy atom. The fraction of sp³-hybridized carbons (Fsp3) is 0.571. The molecule has 1 atom stereocenters. The molecule has 21 heavy (non-hydrogen) atoms. The van der Waals surface area contributed by atoms with Crippen LogP contribution >= 0.6 is 0 Å². The van der Waals surface area contributed by atoms with Crippen LogP contribution in [0.5, 0.6) is 11.5 Å². The Hall–Kier alpha value is -1.63. The highest BCUT2D eigenvalue weighted by Gasteiger charge is 2.53. The molecule has 0 radical (unpaired) electrons. The maximum atomic E-state index is 13.0. The number of aliphatic hydroxyl groups is 1. The fourth-order valence-electron chi connectivity index (χ4n) is 2.07. The van der Waals surface area contributed by atoms with Crippen molar-refractivity contribution in [3.05, 3.63) is 17.7 Å². The van der Waals surface area contributed by atoms with Crippen molar-refractivity contribution in [3.8, 4) is 11.5 Å².